The number of rotatable bonds is 33. The molecular weight excluding hydrogens is 488 g/mol. The second-order valence-electron chi connectivity index (χ2n) is 12.7. The zero-order valence-corrected chi connectivity index (χ0v) is 28.0. The van der Waals surface area contributed by atoms with E-state index in [0.29, 0.717) is 6.42 Å². The molecule has 2 nitrogen and oxygen atoms in total. The van der Waals surface area contributed by atoms with Crippen LogP contribution in [-0.4, -0.2) is 5.97 Å². The van der Waals surface area contributed by atoms with Crippen LogP contribution >= 0.6 is 0 Å². The molecule has 0 aliphatic rings. The Balaban J connectivity index is 3.90. The van der Waals surface area contributed by atoms with Gasteiger partial charge in [-0.1, -0.05) is 188 Å². The number of allylic oxidation sites excluding steroid dienone is 1. The van der Waals surface area contributed by atoms with Crippen LogP contribution in [0.4, 0.5) is 0 Å². The summed E-state index contributed by atoms with van der Waals surface area (Å²) in [6.45, 7) is 6.85. The minimum Gasteiger partial charge on any atom is -0.435 e. The van der Waals surface area contributed by atoms with Gasteiger partial charge in [0.15, 0.2) is 0 Å². The largest absolute Gasteiger partial charge is 0.435 e. The van der Waals surface area contributed by atoms with Crippen LogP contribution in [0.1, 0.15) is 226 Å². The highest BCUT2D eigenvalue weighted by Crippen LogP contribution is 2.20. The van der Waals surface area contributed by atoms with E-state index in [1.165, 1.54) is 185 Å². The van der Waals surface area contributed by atoms with Crippen LogP contribution in [0.15, 0.2) is 11.8 Å². The second kappa shape index (κ2) is 34.4. The normalized spacial score (nSPS) is 11.8. The van der Waals surface area contributed by atoms with Gasteiger partial charge < -0.3 is 4.74 Å². The number of hydrogen-bond donors (Lipinski definition) is 0. The van der Waals surface area contributed by atoms with Crippen LogP contribution in [0.2, 0.25) is 0 Å². The molecule has 0 N–H and O–H groups in total. The summed E-state index contributed by atoms with van der Waals surface area (Å²) in [7, 11) is 0. The lowest BCUT2D eigenvalue weighted by atomic mass is 10.0. The maximum atomic E-state index is 12.4. The van der Waals surface area contributed by atoms with Crippen molar-refractivity contribution in [2.45, 2.75) is 226 Å². The van der Waals surface area contributed by atoms with E-state index in [-0.39, 0.29) is 5.97 Å². The van der Waals surface area contributed by atoms with Crippen molar-refractivity contribution in [2.75, 3.05) is 0 Å². The molecule has 0 amide bonds. The third-order valence-corrected chi connectivity index (χ3v) is 8.54. The van der Waals surface area contributed by atoms with Crippen molar-refractivity contribution < 1.29 is 9.53 Å². The van der Waals surface area contributed by atoms with Gasteiger partial charge in [0.1, 0.15) is 0 Å². The van der Waals surface area contributed by atoms with Gasteiger partial charge in [-0.05, 0) is 37.7 Å². The Bertz CT molecular complexity index is 524. The minimum absolute atomic E-state index is 0.0222. The third-order valence-electron chi connectivity index (χ3n) is 8.54. The van der Waals surface area contributed by atoms with Crippen LogP contribution in [-0.2, 0) is 9.53 Å². The third kappa shape index (κ3) is 31.7. The number of unbranched alkanes of at least 4 members (excludes halogenated alkanes) is 26. The van der Waals surface area contributed by atoms with Crippen LogP contribution in [0.5, 0.6) is 0 Å². The fourth-order valence-electron chi connectivity index (χ4n) is 5.71. The monoisotopic (exact) mass is 563 g/mol. The SMILES string of the molecule is CCCCCCCCCCCCCCCCCC(=O)OC=C(CCCCCCCC)CCCCCCCCCC. The zero-order valence-electron chi connectivity index (χ0n) is 28.0. The van der Waals surface area contributed by atoms with Gasteiger partial charge >= 0.3 is 5.97 Å². The van der Waals surface area contributed by atoms with Crippen molar-refractivity contribution in [3.05, 3.63) is 11.8 Å². The average molecular weight is 563 g/mol. The summed E-state index contributed by atoms with van der Waals surface area (Å²) in [6, 6.07) is 0. The maximum absolute atomic E-state index is 12.4. The van der Waals surface area contributed by atoms with Crippen molar-refractivity contribution in [1.29, 1.82) is 0 Å². The molecule has 0 bridgehead atoms. The molecule has 0 aromatic carbocycles. The zero-order chi connectivity index (χ0) is 29.2. The quantitative estimate of drug-likeness (QED) is 0.0451. The highest BCUT2D eigenvalue weighted by molar-refractivity contribution is 5.69. The summed E-state index contributed by atoms with van der Waals surface area (Å²) in [4.78, 5) is 12.4. The molecule has 0 aromatic heterocycles. The summed E-state index contributed by atoms with van der Waals surface area (Å²) < 4.78 is 5.64. The Morgan fingerprint density at radius 2 is 0.625 bits per heavy atom. The van der Waals surface area contributed by atoms with Gasteiger partial charge in [-0.3, -0.25) is 4.79 Å². The second-order valence-corrected chi connectivity index (χ2v) is 12.7. The van der Waals surface area contributed by atoms with E-state index in [1.807, 2.05) is 6.26 Å². The van der Waals surface area contributed by atoms with Gasteiger partial charge in [0.05, 0.1) is 6.26 Å². The molecule has 0 aliphatic heterocycles. The molecule has 0 radical (unpaired) electrons. The van der Waals surface area contributed by atoms with Crippen LogP contribution in [0.3, 0.4) is 0 Å². The topological polar surface area (TPSA) is 26.3 Å². The molecule has 238 valence electrons. The lowest BCUT2D eigenvalue weighted by Crippen LogP contribution is -2.00. The average Bonchev–Trinajstić information content (AvgIpc) is 2.96. The summed E-state index contributed by atoms with van der Waals surface area (Å²) >= 11 is 0. The minimum atomic E-state index is -0.0222. The molecular formula is C38H74O2. The van der Waals surface area contributed by atoms with Crippen molar-refractivity contribution in [2.24, 2.45) is 0 Å². The van der Waals surface area contributed by atoms with Crippen molar-refractivity contribution in [1.82, 2.24) is 0 Å². The molecule has 0 rings (SSSR count). The van der Waals surface area contributed by atoms with E-state index in [0.717, 1.165) is 19.3 Å². The van der Waals surface area contributed by atoms with Gasteiger partial charge in [0.25, 0.3) is 0 Å². The number of hydrogen-bond acceptors (Lipinski definition) is 2. The fraction of sp³-hybridized carbons (Fsp3) is 0.921. The maximum Gasteiger partial charge on any atom is 0.310 e. The van der Waals surface area contributed by atoms with Crippen LogP contribution in [0, 0.1) is 0 Å². The number of esters is 1. The molecule has 0 saturated carbocycles. The Labute approximate surface area is 253 Å². The van der Waals surface area contributed by atoms with Crippen LogP contribution < -0.4 is 0 Å². The number of carbonyl (C=O) groups excluding carboxylic acids is 1. The van der Waals surface area contributed by atoms with E-state index in [9.17, 15) is 4.79 Å². The summed E-state index contributed by atoms with van der Waals surface area (Å²) in [6.07, 6.45) is 43.6. The first-order chi connectivity index (χ1) is 19.7. The molecule has 0 heterocycles. The molecule has 0 atom stereocenters. The van der Waals surface area contributed by atoms with E-state index in [2.05, 4.69) is 20.8 Å². The van der Waals surface area contributed by atoms with Gasteiger partial charge in [-0.2, -0.15) is 0 Å². The molecule has 0 fully saturated rings. The van der Waals surface area contributed by atoms with Gasteiger partial charge in [0.2, 0.25) is 0 Å². The first-order valence-corrected chi connectivity index (χ1v) is 18.6. The molecule has 0 aromatic rings. The molecule has 0 spiro atoms. The summed E-state index contributed by atoms with van der Waals surface area (Å²) in [5, 5.41) is 0. The Morgan fingerprint density at radius 3 is 0.925 bits per heavy atom. The Hall–Kier alpha value is -0.790. The smallest absolute Gasteiger partial charge is 0.310 e. The highest BCUT2D eigenvalue weighted by Gasteiger charge is 2.05. The lowest BCUT2D eigenvalue weighted by Gasteiger charge is -2.09. The molecule has 0 unspecified atom stereocenters. The lowest BCUT2D eigenvalue weighted by molar-refractivity contribution is -0.138. The van der Waals surface area contributed by atoms with Crippen molar-refractivity contribution in [3.8, 4) is 0 Å². The first kappa shape index (κ1) is 39.2. The standard InChI is InChI=1S/C38H74O2/c1-4-7-10-13-16-18-19-20-21-22-23-24-26-29-32-35-38(39)40-36-37(33-30-27-15-12-9-6-3)34-31-28-25-17-14-11-8-5-2/h36H,4-35H2,1-3H3. The van der Waals surface area contributed by atoms with Gasteiger partial charge in [0, 0.05) is 6.42 Å². The Morgan fingerprint density at radius 1 is 0.375 bits per heavy atom. The molecule has 2 heteroatoms. The number of carbonyl (C=O) groups is 1. The molecule has 0 saturated heterocycles. The van der Waals surface area contributed by atoms with Crippen LogP contribution in [0.25, 0.3) is 0 Å². The predicted molar refractivity (Wildman–Crippen MR) is 179 cm³/mol. The number of ether oxygens (including phenoxy) is 1. The van der Waals surface area contributed by atoms with Gasteiger partial charge in [-0.15, -0.1) is 0 Å². The fourth-order valence-corrected chi connectivity index (χ4v) is 5.71. The predicted octanol–water partition coefficient (Wildman–Crippen LogP) is 14.0. The van der Waals surface area contributed by atoms with Gasteiger partial charge in [-0.25, -0.2) is 0 Å². The first-order valence-electron chi connectivity index (χ1n) is 18.6. The van der Waals surface area contributed by atoms with E-state index in [1.54, 1.807) is 0 Å². The highest BCUT2D eigenvalue weighted by atomic mass is 16.5. The molecule has 40 heavy (non-hydrogen) atoms. The summed E-state index contributed by atoms with van der Waals surface area (Å²) in [5.74, 6) is -0.0222. The van der Waals surface area contributed by atoms with E-state index < -0.39 is 0 Å². The van der Waals surface area contributed by atoms with Crippen molar-refractivity contribution in [3.63, 3.8) is 0 Å². The summed E-state index contributed by atoms with van der Waals surface area (Å²) in [5.41, 5.74) is 1.37. The van der Waals surface area contributed by atoms with Crippen molar-refractivity contribution >= 4 is 5.97 Å². The van der Waals surface area contributed by atoms with E-state index >= 15 is 0 Å². The Kier molecular flexibility index (Phi) is 33.7. The van der Waals surface area contributed by atoms with E-state index in [4.69, 9.17) is 4.74 Å². The molecule has 0 aliphatic carbocycles.